The van der Waals surface area contributed by atoms with Gasteiger partial charge in [0.25, 0.3) is 5.56 Å². The van der Waals surface area contributed by atoms with E-state index in [0.717, 1.165) is 63.3 Å². The molecule has 0 N–H and O–H groups in total. The zero-order valence-electron chi connectivity index (χ0n) is 17.4. The number of amides is 1. The molecule has 4 heterocycles. The van der Waals surface area contributed by atoms with Crippen molar-refractivity contribution in [3.8, 4) is 0 Å². The highest BCUT2D eigenvalue weighted by atomic mass is 16.2. The minimum atomic E-state index is 0.0859. The lowest BCUT2D eigenvalue weighted by Crippen LogP contribution is -2.48. The van der Waals surface area contributed by atoms with Crippen molar-refractivity contribution in [1.82, 2.24) is 19.4 Å². The van der Waals surface area contributed by atoms with Crippen molar-refractivity contribution >= 4 is 5.91 Å². The summed E-state index contributed by atoms with van der Waals surface area (Å²) in [6, 6.07) is 2.20. The largest absolute Gasteiger partial charge is 0.341 e. The zero-order valence-corrected chi connectivity index (χ0v) is 17.4. The van der Waals surface area contributed by atoms with E-state index in [2.05, 4.69) is 18.7 Å². The fraction of sp³-hybridized carbons (Fsp3) is 0.773. The lowest BCUT2D eigenvalue weighted by atomic mass is 9.92. The molecule has 6 heteroatoms. The molecule has 2 fully saturated rings. The standard InChI is InChI=1S/C22H34N4O2/c1-16-7-6-10-24(17(16)2)15-22(28)25-12-9-18(14-25)19-13-21(27)26-11-5-3-4-8-20(26)23-19/h13,16-18H,3-12,14-15H2,1-2H3/t16-,17-,18+/m1/s1. The van der Waals surface area contributed by atoms with Crippen molar-refractivity contribution in [2.75, 3.05) is 26.2 Å². The van der Waals surface area contributed by atoms with Crippen molar-refractivity contribution < 1.29 is 4.79 Å². The smallest absolute Gasteiger partial charge is 0.253 e. The summed E-state index contributed by atoms with van der Waals surface area (Å²) >= 11 is 0. The molecule has 0 bridgehead atoms. The zero-order chi connectivity index (χ0) is 19.7. The van der Waals surface area contributed by atoms with Gasteiger partial charge in [0.05, 0.1) is 12.2 Å². The van der Waals surface area contributed by atoms with E-state index in [4.69, 9.17) is 4.98 Å². The van der Waals surface area contributed by atoms with E-state index >= 15 is 0 Å². The topological polar surface area (TPSA) is 58.4 Å². The quantitative estimate of drug-likeness (QED) is 0.800. The maximum absolute atomic E-state index is 12.9. The monoisotopic (exact) mass is 386 g/mol. The summed E-state index contributed by atoms with van der Waals surface area (Å²) in [5.41, 5.74) is 0.983. The number of carbonyl (C=O) groups is 1. The number of aromatic nitrogens is 2. The van der Waals surface area contributed by atoms with Crippen molar-refractivity contribution in [1.29, 1.82) is 0 Å². The van der Waals surface area contributed by atoms with E-state index in [1.54, 1.807) is 6.07 Å². The Morgan fingerprint density at radius 3 is 2.82 bits per heavy atom. The summed E-state index contributed by atoms with van der Waals surface area (Å²) in [6.07, 6.45) is 7.58. The van der Waals surface area contributed by atoms with Gasteiger partial charge in [-0.05, 0) is 51.5 Å². The second-order valence-electron chi connectivity index (χ2n) is 9.05. The predicted octanol–water partition coefficient (Wildman–Crippen LogP) is 2.41. The number of hydrogen-bond acceptors (Lipinski definition) is 4. The SMILES string of the molecule is C[C@@H]1CCCN(CC(=O)N2CC[C@H](c3cc(=O)n4c(n3)CCCCC4)C2)[C@@H]1C. The fourth-order valence-corrected chi connectivity index (χ4v) is 5.09. The average Bonchev–Trinajstić information content (AvgIpc) is 3.05. The number of fused-ring (bicyclic) bond motifs is 1. The van der Waals surface area contributed by atoms with Crippen LogP contribution in [0.1, 0.15) is 69.8 Å². The number of piperidine rings is 1. The Hall–Kier alpha value is -1.69. The molecule has 0 spiro atoms. The molecular weight excluding hydrogens is 352 g/mol. The lowest BCUT2D eigenvalue weighted by Gasteiger charge is -2.38. The highest BCUT2D eigenvalue weighted by Crippen LogP contribution is 2.27. The van der Waals surface area contributed by atoms with Crippen LogP contribution in [0.25, 0.3) is 0 Å². The molecule has 1 amide bonds. The van der Waals surface area contributed by atoms with Crippen LogP contribution in [0.15, 0.2) is 10.9 Å². The number of nitrogens with zero attached hydrogens (tertiary/aromatic N) is 4. The first-order valence-electron chi connectivity index (χ1n) is 11.2. The van der Waals surface area contributed by atoms with Crippen LogP contribution in [0.2, 0.25) is 0 Å². The number of aryl methyl sites for hydroxylation is 1. The van der Waals surface area contributed by atoms with Gasteiger partial charge in [0, 0.05) is 44.1 Å². The molecule has 1 aromatic heterocycles. The van der Waals surface area contributed by atoms with Gasteiger partial charge in [-0.15, -0.1) is 0 Å². The Kier molecular flexibility index (Phi) is 5.85. The molecule has 0 aliphatic carbocycles. The summed E-state index contributed by atoms with van der Waals surface area (Å²) in [7, 11) is 0. The Bertz CT molecular complexity index is 774. The second kappa shape index (κ2) is 8.36. The van der Waals surface area contributed by atoms with Gasteiger partial charge < -0.3 is 4.90 Å². The van der Waals surface area contributed by atoms with Crippen LogP contribution in [0.5, 0.6) is 0 Å². The first-order valence-corrected chi connectivity index (χ1v) is 11.2. The molecule has 28 heavy (non-hydrogen) atoms. The van der Waals surface area contributed by atoms with Gasteiger partial charge in [-0.3, -0.25) is 19.1 Å². The number of likely N-dealkylation sites (tertiary alicyclic amines) is 2. The van der Waals surface area contributed by atoms with Crippen molar-refractivity contribution in [2.24, 2.45) is 5.92 Å². The molecule has 154 valence electrons. The van der Waals surface area contributed by atoms with Gasteiger partial charge in [-0.1, -0.05) is 13.3 Å². The summed E-state index contributed by atoms with van der Waals surface area (Å²) in [6.45, 7) is 8.36. The van der Waals surface area contributed by atoms with Gasteiger partial charge >= 0.3 is 0 Å². The molecule has 2 saturated heterocycles. The molecule has 0 aromatic carbocycles. The summed E-state index contributed by atoms with van der Waals surface area (Å²) < 4.78 is 1.85. The van der Waals surface area contributed by atoms with Gasteiger partial charge in [0.15, 0.2) is 0 Å². The first-order chi connectivity index (χ1) is 13.5. The molecule has 6 nitrogen and oxygen atoms in total. The molecule has 0 unspecified atom stereocenters. The van der Waals surface area contributed by atoms with Crippen LogP contribution in [0.4, 0.5) is 0 Å². The third kappa shape index (κ3) is 4.02. The Morgan fingerprint density at radius 1 is 1.11 bits per heavy atom. The lowest BCUT2D eigenvalue weighted by molar-refractivity contribution is -0.132. The van der Waals surface area contributed by atoms with E-state index in [0.29, 0.717) is 25.0 Å². The van der Waals surface area contributed by atoms with Crippen molar-refractivity contribution in [3.63, 3.8) is 0 Å². The molecule has 3 atom stereocenters. The summed E-state index contributed by atoms with van der Waals surface area (Å²) in [5, 5.41) is 0. The molecule has 3 aliphatic heterocycles. The maximum atomic E-state index is 12.9. The van der Waals surface area contributed by atoms with Crippen molar-refractivity contribution in [3.05, 3.63) is 27.9 Å². The van der Waals surface area contributed by atoms with Crippen LogP contribution >= 0.6 is 0 Å². The van der Waals surface area contributed by atoms with Crippen LogP contribution in [-0.2, 0) is 17.8 Å². The van der Waals surface area contributed by atoms with Crippen LogP contribution in [0.3, 0.4) is 0 Å². The molecule has 0 radical (unpaired) electrons. The Morgan fingerprint density at radius 2 is 1.96 bits per heavy atom. The average molecular weight is 387 g/mol. The summed E-state index contributed by atoms with van der Waals surface area (Å²) in [4.78, 5) is 34.7. The van der Waals surface area contributed by atoms with Gasteiger partial charge in [-0.25, -0.2) is 4.98 Å². The molecule has 3 aliphatic rings. The van der Waals surface area contributed by atoms with Crippen LogP contribution < -0.4 is 5.56 Å². The first kappa shape index (κ1) is 19.6. The molecular formula is C22H34N4O2. The van der Waals surface area contributed by atoms with Gasteiger partial charge in [-0.2, -0.15) is 0 Å². The molecule has 4 rings (SSSR count). The van der Waals surface area contributed by atoms with E-state index in [-0.39, 0.29) is 17.4 Å². The van der Waals surface area contributed by atoms with E-state index in [1.807, 2.05) is 9.47 Å². The third-order valence-electron chi connectivity index (χ3n) is 7.19. The van der Waals surface area contributed by atoms with E-state index in [9.17, 15) is 9.59 Å². The number of carbonyl (C=O) groups excluding carboxylic acids is 1. The van der Waals surface area contributed by atoms with E-state index < -0.39 is 0 Å². The predicted molar refractivity (Wildman–Crippen MR) is 109 cm³/mol. The Labute approximate surface area is 167 Å². The second-order valence-corrected chi connectivity index (χ2v) is 9.05. The number of hydrogen-bond donors (Lipinski definition) is 0. The highest BCUT2D eigenvalue weighted by Gasteiger charge is 2.32. The van der Waals surface area contributed by atoms with E-state index in [1.165, 1.54) is 12.8 Å². The fourth-order valence-electron chi connectivity index (χ4n) is 5.09. The van der Waals surface area contributed by atoms with Crippen molar-refractivity contribution in [2.45, 2.75) is 77.3 Å². The molecule has 1 aromatic rings. The minimum absolute atomic E-state index is 0.0859. The maximum Gasteiger partial charge on any atom is 0.253 e. The normalized spacial score (nSPS) is 28.8. The third-order valence-corrected chi connectivity index (χ3v) is 7.19. The highest BCUT2D eigenvalue weighted by molar-refractivity contribution is 5.78. The minimum Gasteiger partial charge on any atom is -0.341 e. The summed E-state index contributed by atoms with van der Waals surface area (Å²) in [5.74, 6) is 2.03. The van der Waals surface area contributed by atoms with Crippen LogP contribution in [0, 0.1) is 5.92 Å². The van der Waals surface area contributed by atoms with Gasteiger partial charge in [0.2, 0.25) is 5.91 Å². The molecule has 0 saturated carbocycles. The van der Waals surface area contributed by atoms with Crippen LogP contribution in [-0.4, -0.2) is 57.5 Å². The Balaban J connectivity index is 1.41. The van der Waals surface area contributed by atoms with Gasteiger partial charge in [0.1, 0.15) is 5.82 Å². The number of rotatable bonds is 3.